The molecule has 2 fully saturated rings. The lowest BCUT2D eigenvalue weighted by Crippen LogP contribution is -2.42. The van der Waals surface area contributed by atoms with Crippen LogP contribution >= 0.6 is 15.9 Å². The zero-order valence-electron chi connectivity index (χ0n) is 10.7. The molecular weight excluding hydrogens is 282 g/mol. The molecule has 98 valence electrons. The van der Waals surface area contributed by atoms with E-state index in [1.807, 2.05) is 11.9 Å². The highest BCUT2D eigenvalue weighted by atomic mass is 79.9. The molecule has 1 amide bonds. The molecule has 0 spiro atoms. The molecule has 1 aliphatic carbocycles. The quantitative estimate of drug-likeness (QED) is 0.747. The molecule has 1 saturated carbocycles. The van der Waals surface area contributed by atoms with Crippen LogP contribution in [0.4, 0.5) is 0 Å². The molecule has 1 aliphatic heterocycles. The van der Waals surface area contributed by atoms with Crippen LogP contribution in [-0.4, -0.2) is 41.9 Å². The molecule has 0 aromatic carbocycles. The first kappa shape index (κ1) is 13.3. The summed E-state index contributed by atoms with van der Waals surface area (Å²) in [6.07, 6.45) is 4.39. The Morgan fingerprint density at radius 1 is 1.47 bits per heavy atom. The van der Waals surface area contributed by atoms with Gasteiger partial charge in [-0.2, -0.15) is 0 Å². The summed E-state index contributed by atoms with van der Waals surface area (Å²) in [6, 6.07) is 0. The monoisotopic (exact) mass is 303 g/mol. The molecule has 2 aliphatic rings. The van der Waals surface area contributed by atoms with Crippen LogP contribution in [0, 0.1) is 11.8 Å². The molecule has 0 radical (unpaired) electrons. The number of hydrogen-bond donors (Lipinski definition) is 0. The van der Waals surface area contributed by atoms with Crippen molar-refractivity contribution in [1.29, 1.82) is 0 Å². The Morgan fingerprint density at radius 2 is 2.18 bits per heavy atom. The van der Waals surface area contributed by atoms with Crippen LogP contribution in [0.5, 0.6) is 0 Å². The lowest BCUT2D eigenvalue weighted by atomic mass is 9.84. The number of carbonyl (C=O) groups excluding carboxylic acids is 1. The van der Waals surface area contributed by atoms with E-state index in [-0.39, 0.29) is 17.9 Å². The summed E-state index contributed by atoms with van der Waals surface area (Å²) in [5, 5.41) is 0. The van der Waals surface area contributed by atoms with Crippen molar-refractivity contribution in [2.75, 3.05) is 20.2 Å². The predicted molar refractivity (Wildman–Crippen MR) is 71.2 cm³/mol. The van der Waals surface area contributed by atoms with Gasteiger partial charge in [0.2, 0.25) is 5.91 Å². The third kappa shape index (κ3) is 3.02. The van der Waals surface area contributed by atoms with Crippen LogP contribution in [0.1, 0.15) is 32.6 Å². The summed E-state index contributed by atoms with van der Waals surface area (Å²) in [6.45, 7) is 3.75. The maximum absolute atomic E-state index is 12.3. The number of rotatable bonds is 4. The Kier molecular flexibility index (Phi) is 4.47. The third-order valence-electron chi connectivity index (χ3n) is 4.02. The van der Waals surface area contributed by atoms with Crippen molar-refractivity contribution in [3.8, 4) is 0 Å². The maximum atomic E-state index is 12.3. The minimum Gasteiger partial charge on any atom is -0.377 e. The van der Waals surface area contributed by atoms with Crippen LogP contribution < -0.4 is 0 Å². The van der Waals surface area contributed by atoms with E-state index >= 15 is 0 Å². The topological polar surface area (TPSA) is 29.5 Å². The van der Waals surface area contributed by atoms with Gasteiger partial charge in [0.15, 0.2) is 0 Å². The van der Waals surface area contributed by atoms with Gasteiger partial charge in [-0.15, -0.1) is 0 Å². The van der Waals surface area contributed by atoms with Gasteiger partial charge in [-0.05, 0) is 31.6 Å². The summed E-state index contributed by atoms with van der Waals surface area (Å²) < 4.78 is 5.59. The molecule has 0 N–H and O–H groups in total. The lowest BCUT2D eigenvalue weighted by Gasteiger charge is -2.35. The number of carbonyl (C=O) groups is 1. The largest absolute Gasteiger partial charge is 0.377 e. The smallest absolute Gasteiger partial charge is 0.228 e. The summed E-state index contributed by atoms with van der Waals surface area (Å²) in [5.41, 5.74) is 0. The standard InChI is InChI=1S/C13H22BrNO2/c1-3-12-11(4-5-17-12)13(16)15(2)8-9-6-10(14)7-9/h9-12H,3-8H2,1-2H3. The number of ether oxygens (including phenoxy) is 1. The number of nitrogens with zero attached hydrogens (tertiary/aromatic N) is 1. The van der Waals surface area contributed by atoms with Gasteiger partial charge >= 0.3 is 0 Å². The van der Waals surface area contributed by atoms with Gasteiger partial charge in [-0.3, -0.25) is 4.79 Å². The Morgan fingerprint density at radius 3 is 2.76 bits per heavy atom. The number of alkyl halides is 1. The van der Waals surface area contributed by atoms with Crippen LogP contribution in [0.2, 0.25) is 0 Å². The molecule has 1 heterocycles. The highest BCUT2D eigenvalue weighted by Gasteiger charge is 2.36. The van der Waals surface area contributed by atoms with E-state index in [9.17, 15) is 4.79 Å². The second-order valence-electron chi connectivity index (χ2n) is 5.37. The van der Waals surface area contributed by atoms with Crippen molar-refractivity contribution in [2.24, 2.45) is 11.8 Å². The number of halogens is 1. The van der Waals surface area contributed by atoms with Crippen molar-refractivity contribution in [1.82, 2.24) is 4.90 Å². The summed E-state index contributed by atoms with van der Waals surface area (Å²) in [5.74, 6) is 1.08. The molecule has 17 heavy (non-hydrogen) atoms. The third-order valence-corrected chi connectivity index (χ3v) is 4.76. The lowest BCUT2D eigenvalue weighted by molar-refractivity contribution is -0.136. The Balaban J connectivity index is 1.82. The van der Waals surface area contributed by atoms with Crippen molar-refractivity contribution in [2.45, 2.75) is 43.5 Å². The molecule has 0 aromatic heterocycles. The maximum Gasteiger partial charge on any atom is 0.228 e. The minimum atomic E-state index is 0.102. The fourth-order valence-electron chi connectivity index (χ4n) is 2.90. The predicted octanol–water partition coefficient (Wildman–Crippen LogP) is 2.43. The van der Waals surface area contributed by atoms with Gasteiger partial charge in [0.05, 0.1) is 12.0 Å². The first-order valence-electron chi connectivity index (χ1n) is 6.62. The van der Waals surface area contributed by atoms with Gasteiger partial charge in [-0.25, -0.2) is 0 Å². The summed E-state index contributed by atoms with van der Waals surface area (Å²) in [7, 11) is 1.94. The summed E-state index contributed by atoms with van der Waals surface area (Å²) >= 11 is 3.59. The SMILES string of the molecule is CCC1OCCC1C(=O)N(C)CC1CC(Br)C1. The molecule has 3 nitrogen and oxygen atoms in total. The van der Waals surface area contributed by atoms with E-state index in [2.05, 4.69) is 22.9 Å². The highest BCUT2D eigenvalue weighted by molar-refractivity contribution is 9.09. The van der Waals surface area contributed by atoms with E-state index in [1.54, 1.807) is 0 Å². The molecule has 2 unspecified atom stereocenters. The summed E-state index contributed by atoms with van der Waals surface area (Å²) in [4.78, 5) is 14.9. The van der Waals surface area contributed by atoms with E-state index in [1.165, 1.54) is 12.8 Å². The first-order chi connectivity index (χ1) is 8.11. The average molecular weight is 304 g/mol. The fourth-order valence-corrected chi connectivity index (χ4v) is 3.95. The van der Waals surface area contributed by atoms with Crippen LogP contribution in [0.25, 0.3) is 0 Å². The molecular formula is C13H22BrNO2. The zero-order chi connectivity index (χ0) is 12.4. The Hall–Kier alpha value is -0.0900. The van der Waals surface area contributed by atoms with Crippen LogP contribution in [-0.2, 0) is 9.53 Å². The van der Waals surface area contributed by atoms with E-state index in [0.29, 0.717) is 10.7 Å². The van der Waals surface area contributed by atoms with Crippen molar-refractivity contribution in [3.63, 3.8) is 0 Å². The number of amides is 1. The second kappa shape index (κ2) is 5.70. The van der Waals surface area contributed by atoms with Crippen molar-refractivity contribution >= 4 is 21.8 Å². The van der Waals surface area contributed by atoms with Crippen LogP contribution in [0.3, 0.4) is 0 Å². The molecule has 1 saturated heterocycles. The van der Waals surface area contributed by atoms with Gasteiger partial charge in [-0.1, -0.05) is 22.9 Å². The number of hydrogen-bond acceptors (Lipinski definition) is 2. The van der Waals surface area contributed by atoms with Gasteiger partial charge in [0.1, 0.15) is 0 Å². The first-order valence-corrected chi connectivity index (χ1v) is 7.54. The Bertz CT molecular complexity index is 279. The van der Waals surface area contributed by atoms with E-state index < -0.39 is 0 Å². The van der Waals surface area contributed by atoms with Crippen molar-refractivity contribution < 1.29 is 9.53 Å². The van der Waals surface area contributed by atoms with Gasteiger partial charge < -0.3 is 9.64 Å². The average Bonchev–Trinajstić information content (AvgIpc) is 2.73. The normalized spacial score (nSPS) is 36.6. The van der Waals surface area contributed by atoms with E-state index in [4.69, 9.17) is 4.74 Å². The van der Waals surface area contributed by atoms with Gasteiger partial charge in [0, 0.05) is 25.0 Å². The van der Waals surface area contributed by atoms with Crippen molar-refractivity contribution in [3.05, 3.63) is 0 Å². The van der Waals surface area contributed by atoms with E-state index in [0.717, 1.165) is 26.0 Å². The van der Waals surface area contributed by atoms with Gasteiger partial charge in [0.25, 0.3) is 0 Å². The fraction of sp³-hybridized carbons (Fsp3) is 0.923. The molecule has 0 bridgehead atoms. The van der Waals surface area contributed by atoms with Crippen LogP contribution in [0.15, 0.2) is 0 Å². The minimum absolute atomic E-state index is 0.102. The second-order valence-corrected chi connectivity index (χ2v) is 6.66. The molecule has 4 heteroatoms. The highest BCUT2D eigenvalue weighted by Crippen LogP contribution is 2.34. The zero-order valence-corrected chi connectivity index (χ0v) is 12.3. The molecule has 0 aromatic rings. The Labute approximate surface area is 112 Å². The molecule has 2 rings (SSSR count). The molecule has 2 atom stereocenters.